The fourth-order valence-corrected chi connectivity index (χ4v) is 3.55. The molecule has 0 unspecified atom stereocenters. The summed E-state index contributed by atoms with van der Waals surface area (Å²) in [4.78, 5) is 28.5. The van der Waals surface area contributed by atoms with E-state index in [9.17, 15) is 9.59 Å². The van der Waals surface area contributed by atoms with E-state index in [2.05, 4.69) is 10.3 Å². The van der Waals surface area contributed by atoms with Crippen LogP contribution < -0.4 is 10.2 Å². The van der Waals surface area contributed by atoms with Crippen molar-refractivity contribution >= 4 is 33.7 Å². The lowest BCUT2D eigenvalue weighted by molar-refractivity contribution is 0.102. The Hall–Kier alpha value is -2.25. The standard InChI is InChI=1S/C15H13N3O2S2/c1-9-12(22-15(20)18(9)2)13(19)17-14-16-11(8-21-14)10-6-4-3-5-7-10/h3-8H,1-2H3,(H,16,17,19). The summed E-state index contributed by atoms with van der Waals surface area (Å²) in [5.74, 6) is -0.297. The molecule has 0 atom stereocenters. The Labute approximate surface area is 134 Å². The predicted molar refractivity (Wildman–Crippen MR) is 89.8 cm³/mol. The van der Waals surface area contributed by atoms with Gasteiger partial charge < -0.3 is 4.57 Å². The number of rotatable bonds is 3. The number of carbonyl (C=O) groups excluding carboxylic acids is 1. The quantitative estimate of drug-likeness (QED) is 0.802. The molecule has 0 aliphatic carbocycles. The lowest BCUT2D eigenvalue weighted by Crippen LogP contribution is -2.12. The van der Waals surface area contributed by atoms with Crippen molar-refractivity contribution in [2.75, 3.05) is 5.32 Å². The molecule has 0 aliphatic heterocycles. The molecule has 22 heavy (non-hydrogen) atoms. The van der Waals surface area contributed by atoms with Crippen LogP contribution in [0.2, 0.25) is 0 Å². The van der Waals surface area contributed by atoms with Gasteiger partial charge in [0.15, 0.2) is 5.13 Å². The third kappa shape index (κ3) is 2.72. The van der Waals surface area contributed by atoms with Crippen LogP contribution in [0.15, 0.2) is 40.5 Å². The molecule has 0 spiro atoms. The van der Waals surface area contributed by atoms with E-state index in [1.807, 2.05) is 35.7 Å². The first-order chi connectivity index (χ1) is 10.6. The summed E-state index contributed by atoms with van der Waals surface area (Å²) in [5, 5.41) is 5.17. The number of hydrogen-bond acceptors (Lipinski definition) is 5. The lowest BCUT2D eigenvalue weighted by atomic mass is 10.2. The van der Waals surface area contributed by atoms with Gasteiger partial charge in [0.05, 0.1) is 5.69 Å². The molecule has 0 fully saturated rings. The maximum Gasteiger partial charge on any atom is 0.307 e. The van der Waals surface area contributed by atoms with E-state index in [0.717, 1.165) is 22.6 Å². The second kappa shape index (κ2) is 5.86. The molecule has 0 radical (unpaired) electrons. The van der Waals surface area contributed by atoms with Crippen LogP contribution in [-0.2, 0) is 7.05 Å². The van der Waals surface area contributed by atoms with Crippen LogP contribution in [0.25, 0.3) is 11.3 Å². The van der Waals surface area contributed by atoms with Gasteiger partial charge in [-0.05, 0) is 6.92 Å². The summed E-state index contributed by atoms with van der Waals surface area (Å²) < 4.78 is 1.47. The van der Waals surface area contributed by atoms with Gasteiger partial charge in [0.1, 0.15) is 4.88 Å². The molecule has 3 rings (SSSR count). The normalized spacial score (nSPS) is 10.6. The van der Waals surface area contributed by atoms with Gasteiger partial charge >= 0.3 is 4.87 Å². The van der Waals surface area contributed by atoms with Crippen molar-refractivity contribution in [1.29, 1.82) is 0 Å². The molecule has 0 saturated heterocycles. The number of carbonyl (C=O) groups is 1. The average molecular weight is 331 g/mol. The molecule has 2 aromatic heterocycles. The topological polar surface area (TPSA) is 64.0 Å². The van der Waals surface area contributed by atoms with Crippen LogP contribution in [0.5, 0.6) is 0 Å². The first kappa shape index (κ1) is 14.7. The van der Waals surface area contributed by atoms with Gasteiger partial charge in [-0.25, -0.2) is 4.98 Å². The molecule has 5 nitrogen and oxygen atoms in total. The highest BCUT2D eigenvalue weighted by atomic mass is 32.1. The fraction of sp³-hybridized carbons (Fsp3) is 0.133. The second-order valence-corrected chi connectivity index (χ2v) is 6.52. The minimum atomic E-state index is -0.297. The highest BCUT2D eigenvalue weighted by Gasteiger charge is 2.17. The number of benzene rings is 1. The van der Waals surface area contributed by atoms with Gasteiger partial charge in [-0.3, -0.25) is 14.9 Å². The first-order valence-corrected chi connectivity index (χ1v) is 8.24. The van der Waals surface area contributed by atoms with Crippen LogP contribution in [0.3, 0.4) is 0 Å². The van der Waals surface area contributed by atoms with E-state index in [1.165, 1.54) is 15.9 Å². The zero-order valence-electron chi connectivity index (χ0n) is 12.0. The average Bonchev–Trinajstić information content (AvgIpc) is 3.09. The van der Waals surface area contributed by atoms with E-state index < -0.39 is 0 Å². The molecule has 7 heteroatoms. The molecular weight excluding hydrogens is 318 g/mol. The third-order valence-electron chi connectivity index (χ3n) is 3.30. The van der Waals surface area contributed by atoms with Crippen LogP contribution >= 0.6 is 22.7 Å². The molecule has 0 bridgehead atoms. The van der Waals surface area contributed by atoms with Crippen LogP contribution in [-0.4, -0.2) is 15.5 Å². The number of hydrogen-bond donors (Lipinski definition) is 1. The second-order valence-electron chi connectivity index (χ2n) is 4.70. The summed E-state index contributed by atoms with van der Waals surface area (Å²) in [6, 6.07) is 9.76. The smallest absolute Gasteiger partial charge is 0.306 e. The van der Waals surface area contributed by atoms with Crippen LogP contribution in [0.1, 0.15) is 15.4 Å². The maximum absolute atomic E-state index is 12.3. The molecule has 1 aromatic carbocycles. The Kier molecular flexibility index (Phi) is 3.91. The van der Waals surface area contributed by atoms with Crippen molar-refractivity contribution < 1.29 is 4.79 Å². The Bertz CT molecular complexity index is 878. The Balaban J connectivity index is 1.82. The molecule has 2 heterocycles. The zero-order valence-corrected chi connectivity index (χ0v) is 13.6. The molecular formula is C15H13N3O2S2. The van der Waals surface area contributed by atoms with E-state index in [1.54, 1.807) is 14.0 Å². The molecule has 3 aromatic rings. The van der Waals surface area contributed by atoms with Crippen molar-refractivity contribution in [2.45, 2.75) is 6.92 Å². The number of nitrogens with zero attached hydrogens (tertiary/aromatic N) is 2. The molecule has 1 N–H and O–H groups in total. The van der Waals surface area contributed by atoms with Crippen molar-refractivity contribution in [3.8, 4) is 11.3 Å². The van der Waals surface area contributed by atoms with E-state index in [0.29, 0.717) is 15.7 Å². The highest BCUT2D eigenvalue weighted by Crippen LogP contribution is 2.25. The third-order valence-corrected chi connectivity index (χ3v) is 5.19. The Morgan fingerprint density at radius 1 is 1.27 bits per heavy atom. The van der Waals surface area contributed by atoms with E-state index >= 15 is 0 Å². The van der Waals surface area contributed by atoms with Crippen molar-refractivity contribution in [1.82, 2.24) is 9.55 Å². The summed E-state index contributed by atoms with van der Waals surface area (Å²) in [5.41, 5.74) is 2.48. The minimum absolute atomic E-state index is 0.147. The first-order valence-electron chi connectivity index (χ1n) is 6.55. The summed E-state index contributed by atoms with van der Waals surface area (Å²) in [6.45, 7) is 1.75. The summed E-state index contributed by atoms with van der Waals surface area (Å²) >= 11 is 2.30. The number of thiazole rings is 2. The molecule has 1 amide bonds. The molecule has 0 saturated carbocycles. The summed E-state index contributed by atoms with van der Waals surface area (Å²) in [6.07, 6.45) is 0. The molecule has 112 valence electrons. The van der Waals surface area contributed by atoms with Gasteiger partial charge in [0, 0.05) is 23.7 Å². The van der Waals surface area contributed by atoms with Crippen molar-refractivity contribution in [2.24, 2.45) is 7.05 Å². The number of aromatic nitrogens is 2. The van der Waals surface area contributed by atoms with E-state index in [-0.39, 0.29) is 10.8 Å². The van der Waals surface area contributed by atoms with Crippen LogP contribution in [0, 0.1) is 6.92 Å². The van der Waals surface area contributed by atoms with Crippen molar-refractivity contribution in [3.63, 3.8) is 0 Å². The van der Waals surface area contributed by atoms with Gasteiger partial charge in [0.25, 0.3) is 5.91 Å². The minimum Gasteiger partial charge on any atom is -0.306 e. The highest BCUT2D eigenvalue weighted by molar-refractivity contribution is 7.14. The lowest BCUT2D eigenvalue weighted by Gasteiger charge is -2.00. The van der Waals surface area contributed by atoms with Gasteiger partial charge in [-0.2, -0.15) is 0 Å². The van der Waals surface area contributed by atoms with Gasteiger partial charge in [-0.15, -0.1) is 11.3 Å². The number of nitrogens with one attached hydrogen (secondary N) is 1. The SMILES string of the molecule is Cc1c(C(=O)Nc2nc(-c3ccccc3)cs2)sc(=O)n1C. The Morgan fingerprint density at radius 3 is 2.64 bits per heavy atom. The summed E-state index contributed by atoms with van der Waals surface area (Å²) in [7, 11) is 1.65. The number of anilines is 1. The zero-order chi connectivity index (χ0) is 15.7. The molecule has 0 aliphatic rings. The maximum atomic E-state index is 12.3. The Morgan fingerprint density at radius 2 is 2.00 bits per heavy atom. The van der Waals surface area contributed by atoms with Gasteiger partial charge in [0.2, 0.25) is 0 Å². The van der Waals surface area contributed by atoms with E-state index in [4.69, 9.17) is 0 Å². The predicted octanol–water partition coefficient (Wildman–Crippen LogP) is 3.13. The fourth-order valence-electron chi connectivity index (χ4n) is 1.96. The van der Waals surface area contributed by atoms with Crippen LogP contribution in [0.4, 0.5) is 5.13 Å². The largest absolute Gasteiger partial charge is 0.307 e. The number of amides is 1. The van der Waals surface area contributed by atoms with Gasteiger partial charge in [-0.1, -0.05) is 41.7 Å². The monoisotopic (exact) mass is 331 g/mol. The van der Waals surface area contributed by atoms with Crippen molar-refractivity contribution in [3.05, 3.63) is 56.0 Å².